The van der Waals surface area contributed by atoms with Crippen molar-refractivity contribution in [1.82, 2.24) is 4.57 Å². The van der Waals surface area contributed by atoms with Gasteiger partial charge in [0.05, 0.1) is 17.3 Å². The molecule has 0 spiro atoms. The Hall–Kier alpha value is -2.86. The number of hydrogen-bond donors (Lipinski definition) is 0. The van der Waals surface area contributed by atoms with Crippen molar-refractivity contribution >= 4 is 39.1 Å². The van der Waals surface area contributed by atoms with Crippen molar-refractivity contribution in [2.24, 2.45) is 0 Å². The monoisotopic (exact) mass is 354 g/mol. The average Bonchev–Trinajstić information content (AvgIpc) is 3.22. The predicted octanol–water partition coefficient (Wildman–Crippen LogP) is 3.71. The number of nitrogens with zero attached hydrogens (tertiary/aromatic N) is 2. The standard InChI is InChI=1S/C19H18N2O3S/c1-3-10-20(14-7-5-4-6-8-14)18(22)13-21-15-9-11-25-17(15)12-16(21)19(23)24-2/h3-9,11-12H,1,10,13H2,2H3. The number of benzene rings is 1. The van der Waals surface area contributed by atoms with Gasteiger partial charge in [-0.15, -0.1) is 17.9 Å². The van der Waals surface area contributed by atoms with Crippen molar-refractivity contribution in [3.63, 3.8) is 0 Å². The maximum Gasteiger partial charge on any atom is 0.354 e. The third-order valence-corrected chi connectivity index (χ3v) is 4.74. The zero-order valence-corrected chi connectivity index (χ0v) is 14.7. The molecular weight excluding hydrogens is 336 g/mol. The van der Waals surface area contributed by atoms with E-state index in [0.717, 1.165) is 15.9 Å². The number of rotatable bonds is 6. The summed E-state index contributed by atoms with van der Waals surface area (Å²) in [6.45, 7) is 4.18. The number of carbonyl (C=O) groups is 2. The molecule has 0 unspecified atom stereocenters. The SMILES string of the molecule is C=CCN(C(=O)Cn1c(C(=O)OC)cc2sccc21)c1ccccc1. The minimum Gasteiger partial charge on any atom is -0.464 e. The molecule has 0 saturated heterocycles. The fraction of sp³-hybridized carbons (Fsp3) is 0.158. The van der Waals surface area contributed by atoms with E-state index in [1.807, 2.05) is 41.8 Å². The topological polar surface area (TPSA) is 51.5 Å². The van der Waals surface area contributed by atoms with Gasteiger partial charge < -0.3 is 14.2 Å². The van der Waals surface area contributed by atoms with Crippen LogP contribution in [0.15, 0.2) is 60.5 Å². The Morgan fingerprint density at radius 2 is 2.04 bits per heavy atom. The number of para-hydroxylation sites is 1. The average molecular weight is 354 g/mol. The minimum absolute atomic E-state index is 0.0490. The van der Waals surface area contributed by atoms with Crippen molar-refractivity contribution in [2.75, 3.05) is 18.6 Å². The molecule has 0 N–H and O–H groups in total. The first-order valence-corrected chi connectivity index (χ1v) is 8.65. The first-order chi connectivity index (χ1) is 12.2. The lowest BCUT2D eigenvalue weighted by molar-refractivity contribution is -0.119. The molecule has 3 aromatic rings. The molecular formula is C19H18N2O3S. The quantitative estimate of drug-likeness (QED) is 0.501. The number of methoxy groups -OCH3 is 1. The molecule has 6 heteroatoms. The van der Waals surface area contributed by atoms with Gasteiger partial charge in [0.15, 0.2) is 0 Å². The molecule has 0 aliphatic carbocycles. The van der Waals surface area contributed by atoms with Crippen LogP contribution in [0.4, 0.5) is 5.69 Å². The van der Waals surface area contributed by atoms with Crippen LogP contribution in [0.2, 0.25) is 0 Å². The fourth-order valence-corrected chi connectivity index (χ4v) is 3.55. The van der Waals surface area contributed by atoms with E-state index >= 15 is 0 Å². The number of carbonyl (C=O) groups excluding carboxylic acids is 2. The third kappa shape index (κ3) is 3.34. The Balaban J connectivity index is 1.96. The molecule has 0 aliphatic heterocycles. The van der Waals surface area contributed by atoms with E-state index in [9.17, 15) is 9.59 Å². The molecule has 0 radical (unpaired) electrons. The van der Waals surface area contributed by atoms with Crippen LogP contribution in [0.25, 0.3) is 10.2 Å². The summed E-state index contributed by atoms with van der Waals surface area (Å²) < 4.78 is 7.51. The number of anilines is 1. The van der Waals surface area contributed by atoms with Gasteiger partial charge in [-0.2, -0.15) is 0 Å². The van der Waals surface area contributed by atoms with Gasteiger partial charge in [-0.25, -0.2) is 4.79 Å². The lowest BCUT2D eigenvalue weighted by Gasteiger charge is -2.22. The van der Waals surface area contributed by atoms with E-state index in [2.05, 4.69) is 6.58 Å². The van der Waals surface area contributed by atoms with Crippen LogP contribution >= 0.6 is 11.3 Å². The summed E-state index contributed by atoms with van der Waals surface area (Å²) in [6, 6.07) is 13.1. The lowest BCUT2D eigenvalue weighted by atomic mass is 10.2. The van der Waals surface area contributed by atoms with E-state index < -0.39 is 5.97 Å². The molecule has 2 aromatic heterocycles. The molecule has 128 valence electrons. The highest BCUT2D eigenvalue weighted by Crippen LogP contribution is 2.26. The van der Waals surface area contributed by atoms with E-state index in [-0.39, 0.29) is 12.5 Å². The Bertz CT molecular complexity index is 911. The number of hydrogen-bond acceptors (Lipinski definition) is 4. The lowest BCUT2D eigenvalue weighted by Crippen LogP contribution is -2.34. The number of ether oxygens (including phenoxy) is 1. The Kier molecular flexibility index (Phi) is 5.00. The highest BCUT2D eigenvalue weighted by molar-refractivity contribution is 7.17. The van der Waals surface area contributed by atoms with Crippen LogP contribution in [-0.4, -0.2) is 30.1 Å². The molecule has 0 bridgehead atoms. The van der Waals surface area contributed by atoms with Crippen molar-refractivity contribution < 1.29 is 14.3 Å². The minimum atomic E-state index is -0.453. The zero-order chi connectivity index (χ0) is 17.8. The molecule has 3 rings (SSSR count). The van der Waals surface area contributed by atoms with Crippen molar-refractivity contribution in [2.45, 2.75) is 6.54 Å². The molecule has 0 fully saturated rings. The van der Waals surface area contributed by atoms with E-state index in [1.165, 1.54) is 18.4 Å². The van der Waals surface area contributed by atoms with Crippen molar-refractivity contribution in [3.8, 4) is 0 Å². The highest BCUT2D eigenvalue weighted by atomic mass is 32.1. The maximum absolute atomic E-state index is 12.9. The molecule has 0 saturated carbocycles. The number of fused-ring (bicyclic) bond motifs is 1. The van der Waals surface area contributed by atoms with Crippen LogP contribution in [0.1, 0.15) is 10.5 Å². The van der Waals surface area contributed by atoms with Crippen LogP contribution in [0.5, 0.6) is 0 Å². The summed E-state index contributed by atoms with van der Waals surface area (Å²) in [6.07, 6.45) is 1.68. The molecule has 0 atom stereocenters. The molecule has 1 aromatic carbocycles. The number of aromatic nitrogens is 1. The normalized spacial score (nSPS) is 10.6. The number of amides is 1. The van der Waals surface area contributed by atoms with Gasteiger partial charge in [-0.3, -0.25) is 4.79 Å². The van der Waals surface area contributed by atoms with Gasteiger partial charge in [-0.05, 0) is 29.6 Å². The fourth-order valence-electron chi connectivity index (χ4n) is 2.73. The molecule has 5 nitrogen and oxygen atoms in total. The molecule has 2 heterocycles. The summed E-state index contributed by atoms with van der Waals surface area (Å²) in [5.74, 6) is -0.578. The molecule has 1 amide bonds. The van der Waals surface area contributed by atoms with Crippen molar-refractivity contribution in [3.05, 3.63) is 66.2 Å². The zero-order valence-electron chi connectivity index (χ0n) is 13.8. The van der Waals surface area contributed by atoms with Crippen LogP contribution < -0.4 is 4.90 Å². The Morgan fingerprint density at radius 3 is 2.72 bits per heavy atom. The summed E-state index contributed by atoms with van der Waals surface area (Å²) in [4.78, 5) is 26.7. The summed E-state index contributed by atoms with van der Waals surface area (Å²) in [7, 11) is 1.34. The third-order valence-electron chi connectivity index (χ3n) is 3.89. The highest BCUT2D eigenvalue weighted by Gasteiger charge is 2.21. The van der Waals surface area contributed by atoms with Gasteiger partial charge >= 0.3 is 5.97 Å². The van der Waals surface area contributed by atoms with Gasteiger partial charge in [0.2, 0.25) is 5.91 Å². The number of esters is 1. The van der Waals surface area contributed by atoms with E-state index in [1.54, 1.807) is 21.6 Å². The first kappa shape index (κ1) is 17.0. The molecule has 0 aliphatic rings. The second-order valence-electron chi connectivity index (χ2n) is 5.41. The molecule has 25 heavy (non-hydrogen) atoms. The summed E-state index contributed by atoms with van der Waals surface area (Å²) >= 11 is 1.52. The Labute approximate surface area is 149 Å². The van der Waals surface area contributed by atoms with Crippen molar-refractivity contribution in [1.29, 1.82) is 0 Å². The van der Waals surface area contributed by atoms with Gasteiger partial charge in [0.25, 0.3) is 0 Å². The Morgan fingerprint density at radius 1 is 1.28 bits per heavy atom. The van der Waals surface area contributed by atoms with Gasteiger partial charge in [0, 0.05) is 12.2 Å². The second kappa shape index (κ2) is 7.36. The largest absolute Gasteiger partial charge is 0.464 e. The van der Waals surface area contributed by atoms with Crippen LogP contribution in [0.3, 0.4) is 0 Å². The smallest absolute Gasteiger partial charge is 0.354 e. The van der Waals surface area contributed by atoms with E-state index in [0.29, 0.717) is 12.2 Å². The maximum atomic E-state index is 12.9. The van der Waals surface area contributed by atoms with Crippen LogP contribution in [0, 0.1) is 0 Å². The number of thiophene rings is 1. The van der Waals surface area contributed by atoms with Gasteiger partial charge in [0.1, 0.15) is 12.2 Å². The first-order valence-electron chi connectivity index (χ1n) is 7.77. The summed E-state index contributed by atoms with van der Waals surface area (Å²) in [5.41, 5.74) is 2.02. The van der Waals surface area contributed by atoms with Crippen LogP contribution in [-0.2, 0) is 16.1 Å². The predicted molar refractivity (Wildman–Crippen MR) is 100 cm³/mol. The van der Waals surface area contributed by atoms with E-state index in [4.69, 9.17) is 4.74 Å². The second-order valence-corrected chi connectivity index (χ2v) is 6.35. The summed E-state index contributed by atoms with van der Waals surface area (Å²) in [5, 5.41) is 1.94. The van der Waals surface area contributed by atoms with Gasteiger partial charge in [-0.1, -0.05) is 24.3 Å².